The lowest BCUT2D eigenvalue weighted by Crippen LogP contribution is -2.30. The molecule has 3 heterocycles. The van der Waals surface area contributed by atoms with Gasteiger partial charge in [0, 0.05) is 5.39 Å². The van der Waals surface area contributed by atoms with Crippen LogP contribution >= 0.6 is 11.3 Å². The van der Waals surface area contributed by atoms with Gasteiger partial charge in [-0.2, -0.15) is 0 Å². The lowest BCUT2D eigenvalue weighted by molar-refractivity contribution is -0.117. The van der Waals surface area contributed by atoms with E-state index < -0.39 is 23.5 Å². The number of Topliss-reactive ketones (excluding diaryl/α,β-unsaturated/α-hetero) is 1. The maximum atomic E-state index is 14.0. The number of anilines is 1. The van der Waals surface area contributed by atoms with Crippen LogP contribution in [0.15, 0.2) is 82.5 Å². The van der Waals surface area contributed by atoms with E-state index in [1.165, 1.54) is 23.3 Å². The Labute approximate surface area is 240 Å². The van der Waals surface area contributed by atoms with E-state index in [1.807, 2.05) is 25.1 Å². The van der Waals surface area contributed by atoms with E-state index in [1.54, 1.807) is 48.5 Å². The molecule has 0 aliphatic carbocycles. The van der Waals surface area contributed by atoms with Crippen molar-refractivity contribution in [1.29, 1.82) is 0 Å². The van der Waals surface area contributed by atoms with Gasteiger partial charge >= 0.3 is 0 Å². The quantitative estimate of drug-likeness (QED) is 0.147. The summed E-state index contributed by atoms with van der Waals surface area (Å²) in [6.45, 7) is 4.67. The molecule has 0 saturated heterocycles. The van der Waals surface area contributed by atoms with Crippen molar-refractivity contribution in [3.05, 3.63) is 94.9 Å². The number of hydrogen-bond acceptors (Lipinski definition) is 8. The van der Waals surface area contributed by atoms with Crippen molar-refractivity contribution >= 4 is 49.3 Å². The van der Waals surface area contributed by atoms with Gasteiger partial charge in [-0.15, -0.1) is 0 Å². The fourth-order valence-electron chi connectivity index (χ4n) is 5.00. The average Bonchev–Trinajstić information content (AvgIpc) is 3.67. The van der Waals surface area contributed by atoms with Crippen molar-refractivity contribution in [1.82, 2.24) is 4.98 Å². The summed E-state index contributed by atoms with van der Waals surface area (Å²) in [5.74, 6) is -0.785. The van der Waals surface area contributed by atoms with Crippen LogP contribution in [0.2, 0.25) is 0 Å². The Morgan fingerprint density at radius 1 is 1.12 bits per heavy atom. The minimum atomic E-state index is -0.934. The number of aliphatic hydroxyl groups is 1. The standard InChI is InChI=1S/C32H28N2O6S/c1-4-5-15-39-21-12-10-19(11-13-21)27-26(28(35)24-17-20-7-6-8-23(38-3)30(20)40-24)29(36)31(37)34(27)32-33-22-14-9-18(2)16-25(22)41-32/h6-14,16-17,27,36H,4-5,15H2,1-3H3. The molecule has 1 aliphatic heterocycles. The number of hydrogen-bond donors (Lipinski definition) is 1. The number of benzene rings is 3. The Morgan fingerprint density at radius 3 is 2.68 bits per heavy atom. The van der Waals surface area contributed by atoms with Crippen molar-refractivity contribution in [3.63, 3.8) is 0 Å². The van der Waals surface area contributed by atoms with Crippen LogP contribution in [0, 0.1) is 6.92 Å². The second kappa shape index (κ2) is 10.7. The fraction of sp³-hybridized carbons (Fsp3) is 0.219. The molecule has 6 rings (SSSR count). The smallest absolute Gasteiger partial charge is 0.296 e. The number of aliphatic hydroxyl groups excluding tert-OH is 1. The van der Waals surface area contributed by atoms with Crippen molar-refractivity contribution < 1.29 is 28.6 Å². The van der Waals surface area contributed by atoms with Gasteiger partial charge in [0.1, 0.15) is 5.75 Å². The number of methoxy groups -OCH3 is 1. The van der Waals surface area contributed by atoms with Crippen molar-refractivity contribution in [2.24, 2.45) is 0 Å². The predicted octanol–water partition coefficient (Wildman–Crippen LogP) is 7.32. The van der Waals surface area contributed by atoms with Crippen molar-refractivity contribution in [2.45, 2.75) is 32.7 Å². The summed E-state index contributed by atoms with van der Waals surface area (Å²) in [6, 6.07) is 19.0. The molecule has 41 heavy (non-hydrogen) atoms. The van der Waals surface area contributed by atoms with Gasteiger partial charge in [0.25, 0.3) is 5.91 Å². The van der Waals surface area contributed by atoms with Gasteiger partial charge in [0.2, 0.25) is 5.78 Å². The third-order valence-electron chi connectivity index (χ3n) is 7.11. The topological polar surface area (TPSA) is 102 Å². The molecular formula is C32H28N2O6S. The summed E-state index contributed by atoms with van der Waals surface area (Å²) in [5.41, 5.74) is 2.74. The number of carbonyl (C=O) groups is 2. The first-order chi connectivity index (χ1) is 19.9. The van der Waals surface area contributed by atoms with Crippen molar-refractivity contribution in [2.75, 3.05) is 18.6 Å². The first-order valence-electron chi connectivity index (χ1n) is 13.4. The minimum absolute atomic E-state index is 0.00913. The second-order valence-electron chi connectivity index (χ2n) is 9.90. The largest absolute Gasteiger partial charge is 0.503 e. The van der Waals surface area contributed by atoms with E-state index in [4.69, 9.17) is 18.9 Å². The van der Waals surface area contributed by atoms with Crippen LogP contribution in [0.1, 0.15) is 47.5 Å². The maximum Gasteiger partial charge on any atom is 0.296 e. The van der Waals surface area contributed by atoms with E-state index in [2.05, 4.69) is 6.92 Å². The zero-order valence-electron chi connectivity index (χ0n) is 22.8. The molecule has 0 fully saturated rings. The molecule has 0 radical (unpaired) electrons. The number of thiazole rings is 1. The molecule has 9 heteroatoms. The number of ketones is 1. The molecule has 208 valence electrons. The van der Waals surface area contributed by atoms with Crippen LogP contribution in [0.25, 0.3) is 21.2 Å². The molecule has 1 atom stereocenters. The Morgan fingerprint density at radius 2 is 1.93 bits per heavy atom. The van der Waals surface area contributed by atoms with Gasteiger partial charge < -0.3 is 19.0 Å². The van der Waals surface area contributed by atoms with Crippen LogP contribution in [-0.2, 0) is 4.79 Å². The highest BCUT2D eigenvalue weighted by Crippen LogP contribution is 2.45. The molecule has 0 bridgehead atoms. The van der Waals surface area contributed by atoms with E-state index in [9.17, 15) is 14.7 Å². The number of furan rings is 1. The molecule has 2 aromatic heterocycles. The summed E-state index contributed by atoms with van der Waals surface area (Å²) in [5, 5.41) is 12.2. The number of fused-ring (bicyclic) bond motifs is 2. The monoisotopic (exact) mass is 568 g/mol. The summed E-state index contributed by atoms with van der Waals surface area (Å²) in [7, 11) is 1.52. The van der Waals surface area contributed by atoms with Crippen LogP contribution < -0.4 is 14.4 Å². The second-order valence-corrected chi connectivity index (χ2v) is 10.9. The van der Waals surface area contributed by atoms with E-state index in [-0.39, 0.29) is 11.3 Å². The Bertz CT molecular complexity index is 1820. The highest BCUT2D eigenvalue weighted by Gasteiger charge is 2.46. The van der Waals surface area contributed by atoms with Gasteiger partial charge in [0.05, 0.1) is 35.5 Å². The van der Waals surface area contributed by atoms with E-state index >= 15 is 0 Å². The number of para-hydroxylation sites is 1. The number of ether oxygens (including phenoxy) is 2. The van der Waals surface area contributed by atoms with Gasteiger partial charge in [0.15, 0.2) is 28.0 Å². The number of carbonyl (C=O) groups excluding carboxylic acids is 2. The normalized spacial score (nSPS) is 15.3. The molecule has 8 nitrogen and oxygen atoms in total. The summed E-state index contributed by atoms with van der Waals surface area (Å²) < 4.78 is 18.0. The molecule has 1 N–H and O–H groups in total. The summed E-state index contributed by atoms with van der Waals surface area (Å²) in [4.78, 5) is 33.8. The number of rotatable bonds is 9. The number of nitrogens with zero attached hydrogens (tertiary/aromatic N) is 2. The average molecular weight is 569 g/mol. The molecule has 1 aliphatic rings. The minimum Gasteiger partial charge on any atom is -0.503 e. The zero-order chi connectivity index (χ0) is 28.7. The Kier molecular flexibility index (Phi) is 6.96. The number of amides is 1. The number of aromatic nitrogens is 1. The summed E-state index contributed by atoms with van der Waals surface area (Å²) >= 11 is 1.33. The molecule has 0 spiro atoms. The van der Waals surface area contributed by atoms with Crippen molar-refractivity contribution in [3.8, 4) is 11.5 Å². The van der Waals surface area contributed by atoms with Gasteiger partial charge in [-0.25, -0.2) is 4.98 Å². The maximum absolute atomic E-state index is 14.0. The third-order valence-corrected chi connectivity index (χ3v) is 8.12. The predicted molar refractivity (Wildman–Crippen MR) is 158 cm³/mol. The number of unbranched alkanes of at least 4 members (excludes halogenated alkanes) is 1. The lowest BCUT2D eigenvalue weighted by Gasteiger charge is -2.24. The first-order valence-corrected chi connectivity index (χ1v) is 14.2. The molecule has 3 aromatic carbocycles. The zero-order valence-corrected chi connectivity index (χ0v) is 23.7. The molecule has 1 unspecified atom stereocenters. The highest BCUT2D eigenvalue weighted by atomic mass is 32.1. The molecular weight excluding hydrogens is 540 g/mol. The van der Waals surface area contributed by atoms with Crippen LogP contribution in [0.4, 0.5) is 5.13 Å². The first kappa shape index (κ1) is 26.6. The Hall–Kier alpha value is -4.63. The molecule has 1 amide bonds. The third kappa shape index (κ3) is 4.72. The van der Waals surface area contributed by atoms with E-state index in [0.29, 0.717) is 39.8 Å². The SMILES string of the molecule is CCCCOc1ccc(C2C(C(=O)c3cc4cccc(OC)c4o3)=C(O)C(=O)N2c2nc3ccc(C)cc3s2)cc1. The van der Waals surface area contributed by atoms with Crippen LogP contribution in [0.5, 0.6) is 11.5 Å². The van der Waals surface area contributed by atoms with Crippen LogP contribution in [-0.4, -0.2) is 35.5 Å². The van der Waals surface area contributed by atoms with Crippen LogP contribution in [0.3, 0.4) is 0 Å². The van der Waals surface area contributed by atoms with E-state index in [0.717, 1.165) is 28.6 Å². The van der Waals surface area contributed by atoms with Gasteiger partial charge in [-0.05, 0) is 60.9 Å². The molecule has 5 aromatic rings. The number of aryl methyl sites for hydroxylation is 1. The Balaban J connectivity index is 1.45. The summed E-state index contributed by atoms with van der Waals surface area (Å²) in [6.07, 6.45) is 1.95. The molecule has 0 saturated carbocycles. The fourth-order valence-corrected chi connectivity index (χ4v) is 6.09. The van der Waals surface area contributed by atoms with Gasteiger partial charge in [-0.1, -0.05) is 55.0 Å². The highest BCUT2D eigenvalue weighted by molar-refractivity contribution is 7.22. The van der Waals surface area contributed by atoms with Gasteiger partial charge in [-0.3, -0.25) is 14.5 Å². The lowest BCUT2D eigenvalue weighted by atomic mass is 9.95.